The van der Waals surface area contributed by atoms with Crippen LogP contribution in [0, 0.1) is 20.8 Å². The molecule has 0 aliphatic heterocycles. The molecule has 0 atom stereocenters. The van der Waals surface area contributed by atoms with Gasteiger partial charge in [-0.1, -0.05) is 48.5 Å². The molecule has 7 nitrogen and oxygen atoms in total. The van der Waals surface area contributed by atoms with E-state index in [0.717, 1.165) is 28.1 Å². The minimum atomic E-state index is -0.237. The number of hydrogen-bond acceptors (Lipinski definition) is 6. The second-order valence-electron chi connectivity index (χ2n) is 8.01. The third kappa shape index (κ3) is 4.92. The van der Waals surface area contributed by atoms with Crippen molar-refractivity contribution >= 4 is 17.2 Å². The molecule has 8 heteroatoms. The zero-order valence-corrected chi connectivity index (χ0v) is 20.4. The zero-order valence-electron chi connectivity index (χ0n) is 19.6. The highest BCUT2D eigenvalue weighted by Gasteiger charge is 2.21. The average molecular weight is 475 g/mol. The number of rotatable bonds is 7. The molecule has 2 heterocycles. The Hall–Kier alpha value is -3.78. The first kappa shape index (κ1) is 23.4. The lowest BCUT2D eigenvalue weighted by molar-refractivity contribution is 0.0954. The van der Waals surface area contributed by atoms with Crippen LogP contribution in [-0.2, 0) is 20.2 Å². The topological polar surface area (TPSA) is 86.1 Å². The van der Waals surface area contributed by atoms with Gasteiger partial charge in [0.1, 0.15) is 22.2 Å². The Labute approximate surface area is 202 Å². The van der Waals surface area contributed by atoms with Crippen LogP contribution in [0.4, 0.5) is 0 Å². The van der Waals surface area contributed by atoms with Crippen molar-refractivity contribution in [3.05, 3.63) is 97.9 Å². The summed E-state index contributed by atoms with van der Waals surface area (Å²) in [5, 5.41) is 7.71. The van der Waals surface area contributed by atoms with E-state index < -0.39 is 0 Å². The fraction of sp³-hybridized carbons (Fsp3) is 0.231. The van der Waals surface area contributed by atoms with Gasteiger partial charge in [0.15, 0.2) is 0 Å². The van der Waals surface area contributed by atoms with E-state index in [1.807, 2.05) is 68.4 Å². The van der Waals surface area contributed by atoms with Gasteiger partial charge < -0.3 is 10.1 Å². The second kappa shape index (κ2) is 10.0. The molecule has 0 fully saturated rings. The van der Waals surface area contributed by atoms with Crippen molar-refractivity contribution < 1.29 is 9.53 Å². The first-order valence-electron chi connectivity index (χ1n) is 10.9. The summed E-state index contributed by atoms with van der Waals surface area (Å²) in [7, 11) is 1.61. The number of benzene rings is 2. The van der Waals surface area contributed by atoms with E-state index >= 15 is 0 Å². The molecule has 174 valence electrons. The molecular formula is C26H26N4O3S. The lowest BCUT2D eigenvalue weighted by Gasteiger charge is -2.12. The molecular weight excluding hydrogens is 448 g/mol. The van der Waals surface area contributed by atoms with Crippen LogP contribution < -0.4 is 15.6 Å². The average Bonchev–Trinajstić information content (AvgIpc) is 3.22. The maximum Gasteiger partial charge on any atom is 0.277 e. The minimum absolute atomic E-state index is 0.228. The summed E-state index contributed by atoms with van der Waals surface area (Å²) in [6.07, 6.45) is 0. The number of aryl methyl sites for hydroxylation is 3. The molecule has 0 aliphatic carbocycles. The van der Waals surface area contributed by atoms with E-state index in [-0.39, 0.29) is 11.5 Å². The van der Waals surface area contributed by atoms with Crippen molar-refractivity contribution in [1.29, 1.82) is 0 Å². The zero-order chi connectivity index (χ0) is 24.2. The van der Waals surface area contributed by atoms with Crippen molar-refractivity contribution in [3.8, 4) is 16.3 Å². The van der Waals surface area contributed by atoms with Crippen molar-refractivity contribution in [3.63, 3.8) is 0 Å². The Morgan fingerprint density at radius 3 is 2.50 bits per heavy atom. The molecule has 4 aromatic rings. The van der Waals surface area contributed by atoms with E-state index in [0.29, 0.717) is 34.3 Å². The number of ether oxygens (including phenoxy) is 1. The van der Waals surface area contributed by atoms with Crippen molar-refractivity contribution in [2.45, 2.75) is 33.9 Å². The third-order valence-corrected chi connectivity index (χ3v) is 6.77. The lowest BCUT2D eigenvalue weighted by atomic mass is 10.1. The highest BCUT2D eigenvalue weighted by molar-refractivity contribution is 7.17. The number of thiazole rings is 1. The number of aromatic nitrogens is 3. The molecule has 0 radical (unpaired) electrons. The van der Waals surface area contributed by atoms with Crippen LogP contribution in [0.5, 0.6) is 5.75 Å². The minimum Gasteiger partial charge on any atom is -0.489 e. The Bertz CT molecular complexity index is 1390. The molecule has 2 aromatic heterocycles. The number of amides is 1. The first-order chi connectivity index (χ1) is 16.3. The summed E-state index contributed by atoms with van der Waals surface area (Å²) >= 11 is 1.22. The summed E-state index contributed by atoms with van der Waals surface area (Å²) < 4.78 is 7.30. The Kier molecular flexibility index (Phi) is 6.88. The molecule has 0 aliphatic rings. The number of para-hydroxylation sites is 1. The molecule has 34 heavy (non-hydrogen) atoms. The maximum atomic E-state index is 13.0. The molecule has 0 saturated carbocycles. The smallest absolute Gasteiger partial charge is 0.277 e. The Balaban J connectivity index is 1.50. The first-order valence-corrected chi connectivity index (χ1v) is 11.7. The van der Waals surface area contributed by atoms with E-state index in [4.69, 9.17) is 4.74 Å². The SMILES string of the molecule is Cc1nc(-c2c(C)c(C)nn(C)c2=O)sc1C(=O)NCc1ccccc1OCc1ccccc1. The van der Waals surface area contributed by atoms with Gasteiger partial charge in [-0.05, 0) is 38.0 Å². The lowest BCUT2D eigenvalue weighted by Crippen LogP contribution is -2.23. The van der Waals surface area contributed by atoms with Gasteiger partial charge in [0.2, 0.25) is 0 Å². The van der Waals surface area contributed by atoms with E-state index in [1.54, 1.807) is 14.0 Å². The summed E-state index contributed by atoms with van der Waals surface area (Å²) in [6, 6.07) is 17.6. The number of carbonyl (C=O) groups is 1. The standard InChI is InChI=1S/C26H26N4O3S/c1-16-17(2)29-30(4)26(32)22(16)25-28-18(3)23(34-25)24(31)27-14-20-12-8-9-13-21(20)33-15-19-10-6-5-7-11-19/h5-13H,14-15H2,1-4H3,(H,27,31). The van der Waals surface area contributed by atoms with Crippen LogP contribution in [0.2, 0.25) is 0 Å². The summed E-state index contributed by atoms with van der Waals surface area (Å²) in [6.45, 7) is 6.24. The van der Waals surface area contributed by atoms with Gasteiger partial charge in [-0.25, -0.2) is 9.67 Å². The van der Waals surface area contributed by atoms with Gasteiger partial charge in [0, 0.05) is 19.2 Å². The summed E-state index contributed by atoms with van der Waals surface area (Å²) in [5.74, 6) is 0.485. The van der Waals surface area contributed by atoms with Crippen LogP contribution in [-0.4, -0.2) is 20.7 Å². The molecule has 0 unspecified atom stereocenters. The highest BCUT2D eigenvalue weighted by atomic mass is 32.1. The van der Waals surface area contributed by atoms with E-state index in [2.05, 4.69) is 15.4 Å². The summed E-state index contributed by atoms with van der Waals surface area (Å²) in [5.41, 5.74) is 4.32. The summed E-state index contributed by atoms with van der Waals surface area (Å²) in [4.78, 5) is 30.7. The van der Waals surface area contributed by atoms with Crippen LogP contribution >= 0.6 is 11.3 Å². The number of carbonyl (C=O) groups excluding carboxylic acids is 1. The van der Waals surface area contributed by atoms with Crippen LogP contribution in [0.25, 0.3) is 10.6 Å². The largest absolute Gasteiger partial charge is 0.489 e. The second-order valence-corrected chi connectivity index (χ2v) is 9.01. The van der Waals surface area contributed by atoms with Gasteiger partial charge in [-0.2, -0.15) is 5.10 Å². The van der Waals surface area contributed by atoms with Crippen molar-refractivity contribution in [2.75, 3.05) is 0 Å². The van der Waals surface area contributed by atoms with Gasteiger partial charge in [-0.3, -0.25) is 9.59 Å². The molecule has 0 bridgehead atoms. The van der Waals surface area contributed by atoms with Gasteiger partial charge in [0.25, 0.3) is 11.5 Å². The molecule has 4 rings (SSSR count). The number of nitrogens with zero attached hydrogens (tertiary/aromatic N) is 3. The molecule has 0 spiro atoms. The van der Waals surface area contributed by atoms with E-state index in [1.165, 1.54) is 16.0 Å². The quantitative estimate of drug-likeness (QED) is 0.431. The monoisotopic (exact) mass is 474 g/mol. The molecule has 1 N–H and O–H groups in total. The Morgan fingerprint density at radius 1 is 1.03 bits per heavy atom. The molecule has 2 aromatic carbocycles. The normalized spacial score (nSPS) is 10.8. The molecule has 0 saturated heterocycles. The third-order valence-electron chi connectivity index (χ3n) is 5.59. The van der Waals surface area contributed by atoms with E-state index in [9.17, 15) is 9.59 Å². The number of hydrogen-bond donors (Lipinski definition) is 1. The molecule has 1 amide bonds. The fourth-order valence-corrected chi connectivity index (χ4v) is 4.67. The van der Waals surface area contributed by atoms with Crippen molar-refractivity contribution in [1.82, 2.24) is 20.1 Å². The Morgan fingerprint density at radius 2 is 1.74 bits per heavy atom. The number of nitrogens with one attached hydrogen (secondary N) is 1. The predicted molar refractivity (Wildman–Crippen MR) is 133 cm³/mol. The maximum absolute atomic E-state index is 13.0. The van der Waals surface area contributed by atoms with Gasteiger partial charge in [-0.15, -0.1) is 11.3 Å². The van der Waals surface area contributed by atoms with Crippen LogP contribution in [0.3, 0.4) is 0 Å². The highest BCUT2D eigenvalue weighted by Crippen LogP contribution is 2.29. The predicted octanol–water partition coefficient (Wildman–Crippen LogP) is 4.34. The van der Waals surface area contributed by atoms with Crippen molar-refractivity contribution in [2.24, 2.45) is 7.05 Å². The fourth-order valence-electron chi connectivity index (χ4n) is 3.60. The van der Waals surface area contributed by atoms with Gasteiger partial charge in [0.05, 0.1) is 17.0 Å². The van der Waals surface area contributed by atoms with Gasteiger partial charge >= 0.3 is 0 Å². The van der Waals surface area contributed by atoms with Crippen LogP contribution in [0.1, 0.15) is 37.7 Å². The van der Waals surface area contributed by atoms with Crippen LogP contribution in [0.15, 0.2) is 59.4 Å².